The van der Waals surface area contributed by atoms with Crippen LogP contribution in [0.4, 0.5) is 0 Å². The summed E-state index contributed by atoms with van der Waals surface area (Å²) in [6.45, 7) is 5.02. The topological polar surface area (TPSA) is 84.2 Å². The summed E-state index contributed by atoms with van der Waals surface area (Å²) in [6.07, 6.45) is 2.11. The van der Waals surface area contributed by atoms with Gasteiger partial charge in [0.05, 0.1) is 40.1 Å². The minimum atomic E-state index is -1.25. The minimum Gasteiger partial charge on any atom is -0.493 e. The molecule has 1 atom stereocenters. The van der Waals surface area contributed by atoms with Gasteiger partial charge in [-0.05, 0) is 82.1 Å². The predicted octanol–water partition coefficient (Wildman–Crippen LogP) is 4.21. The molecule has 0 radical (unpaired) electrons. The van der Waals surface area contributed by atoms with Gasteiger partial charge in [0.15, 0.2) is 23.0 Å². The van der Waals surface area contributed by atoms with Crippen LogP contribution in [-0.2, 0) is 11.8 Å². The number of hydrogen-bond donors (Lipinski definition) is 1. The van der Waals surface area contributed by atoms with Gasteiger partial charge in [0.2, 0.25) is 0 Å². The number of rotatable bonds is 13. The third kappa shape index (κ3) is 6.13. The molecule has 2 aromatic carbocycles. The molecule has 0 aliphatic carbocycles. The average Bonchev–Trinajstić information content (AvgIpc) is 2.83. The van der Waals surface area contributed by atoms with Gasteiger partial charge in [-0.15, -0.1) is 0 Å². The van der Waals surface area contributed by atoms with E-state index in [0.717, 1.165) is 37.2 Å². The highest BCUT2D eigenvalue weighted by molar-refractivity contribution is 5.48. The fourth-order valence-electron chi connectivity index (χ4n) is 4.24. The number of methoxy groups -OCH3 is 4. The predicted molar refractivity (Wildman–Crippen MR) is 133 cm³/mol. The normalized spacial score (nSPS) is 13.2. The van der Waals surface area contributed by atoms with Crippen LogP contribution in [0, 0.1) is 11.3 Å². The average molecular weight is 471 g/mol. The second kappa shape index (κ2) is 12.0. The van der Waals surface area contributed by atoms with Crippen molar-refractivity contribution in [1.29, 1.82) is 5.26 Å². The number of nitrogens with zero attached hydrogens (tertiary/aromatic N) is 2. The van der Waals surface area contributed by atoms with Crippen molar-refractivity contribution in [3.05, 3.63) is 47.5 Å². The summed E-state index contributed by atoms with van der Waals surface area (Å²) in [5.41, 5.74) is -0.457. The minimum absolute atomic E-state index is 0.503. The van der Waals surface area contributed by atoms with Gasteiger partial charge in [-0.2, -0.15) is 5.26 Å². The zero-order chi connectivity index (χ0) is 25.4. The van der Waals surface area contributed by atoms with E-state index in [2.05, 4.69) is 18.0 Å². The molecule has 34 heavy (non-hydrogen) atoms. The summed E-state index contributed by atoms with van der Waals surface area (Å²) < 4.78 is 21.5. The maximum atomic E-state index is 11.1. The van der Waals surface area contributed by atoms with E-state index in [-0.39, 0.29) is 0 Å². The van der Waals surface area contributed by atoms with Crippen LogP contribution in [0.1, 0.15) is 37.8 Å². The lowest BCUT2D eigenvalue weighted by atomic mass is 9.67. The summed E-state index contributed by atoms with van der Waals surface area (Å²) in [5.74, 6) is 2.57. The standard InChI is InChI=1S/C27H38N2O5/c1-26(2,30)27(19-28,21-10-12-23(32-5)25(18-21)34-7)14-8-15-29(3)16-13-20-9-11-22(31-4)24(17-20)33-6/h9-12,17-18,30H,8,13-16H2,1-7H3. The van der Waals surface area contributed by atoms with Gasteiger partial charge in [-0.3, -0.25) is 0 Å². The maximum Gasteiger partial charge on any atom is 0.161 e. The molecule has 0 spiro atoms. The summed E-state index contributed by atoms with van der Waals surface area (Å²) >= 11 is 0. The summed E-state index contributed by atoms with van der Waals surface area (Å²) in [5, 5.41) is 21.3. The van der Waals surface area contributed by atoms with E-state index in [0.29, 0.717) is 29.2 Å². The Labute approximate surface area is 203 Å². The number of ether oxygens (including phenoxy) is 4. The molecule has 186 valence electrons. The van der Waals surface area contributed by atoms with Crippen LogP contribution in [0.25, 0.3) is 0 Å². The number of likely N-dealkylation sites (N-methyl/N-ethyl adjacent to an activating group) is 1. The number of benzene rings is 2. The lowest BCUT2D eigenvalue weighted by Gasteiger charge is -2.39. The highest BCUT2D eigenvalue weighted by Gasteiger charge is 2.46. The molecule has 7 nitrogen and oxygen atoms in total. The van der Waals surface area contributed by atoms with Crippen molar-refractivity contribution < 1.29 is 24.1 Å². The first-order chi connectivity index (χ1) is 16.1. The van der Waals surface area contributed by atoms with Crippen LogP contribution in [0.2, 0.25) is 0 Å². The van der Waals surface area contributed by atoms with E-state index in [4.69, 9.17) is 18.9 Å². The summed E-state index contributed by atoms with van der Waals surface area (Å²) in [4.78, 5) is 2.23. The lowest BCUT2D eigenvalue weighted by Crippen LogP contribution is -2.47. The van der Waals surface area contributed by atoms with E-state index in [1.165, 1.54) is 0 Å². The van der Waals surface area contributed by atoms with Crippen molar-refractivity contribution in [3.63, 3.8) is 0 Å². The maximum absolute atomic E-state index is 11.1. The smallest absolute Gasteiger partial charge is 0.161 e. The Morgan fingerprint density at radius 2 is 1.41 bits per heavy atom. The molecule has 2 aromatic rings. The van der Waals surface area contributed by atoms with Gasteiger partial charge in [0, 0.05) is 6.54 Å². The first-order valence-electron chi connectivity index (χ1n) is 11.4. The van der Waals surface area contributed by atoms with E-state index >= 15 is 0 Å². The highest BCUT2D eigenvalue weighted by atomic mass is 16.5. The highest BCUT2D eigenvalue weighted by Crippen LogP contribution is 2.42. The van der Waals surface area contributed by atoms with Crippen molar-refractivity contribution >= 4 is 0 Å². The van der Waals surface area contributed by atoms with E-state index < -0.39 is 11.0 Å². The molecule has 0 fully saturated rings. The Hall–Kier alpha value is -2.95. The monoisotopic (exact) mass is 470 g/mol. The first-order valence-corrected chi connectivity index (χ1v) is 11.4. The van der Waals surface area contributed by atoms with E-state index in [9.17, 15) is 10.4 Å². The Kier molecular flexibility index (Phi) is 9.60. The molecule has 1 unspecified atom stereocenters. The quantitative estimate of drug-likeness (QED) is 0.469. The van der Waals surface area contributed by atoms with Crippen LogP contribution >= 0.6 is 0 Å². The molecular formula is C27H38N2O5. The SMILES string of the molecule is COc1ccc(CCN(C)CCCC(C#N)(c2ccc(OC)c(OC)c2)C(C)(C)O)cc1OC. The van der Waals surface area contributed by atoms with Gasteiger partial charge in [0.1, 0.15) is 5.41 Å². The van der Waals surface area contributed by atoms with Crippen LogP contribution in [0.3, 0.4) is 0 Å². The van der Waals surface area contributed by atoms with Gasteiger partial charge in [0.25, 0.3) is 0 Å². The second-order valence-corrected chi connectivity index (χ2v) is 8.99. The Morgan fingerprint density at radius 3 is 1.94 bits per heavy atom. The fraction of sp³-hybridized carbons (Fsp3) is 0.519. The number of hydrogen-bond acceptors (Lipinski definition) is 7. The largest absolute Gasteiger partial charge is 0.493 e. The molecule has 0 bridgehead atoms. The van der Waals surface area contributed by atoms with Crippen LogP contribution in [0.15, 0.2) is 36.4 Å². The molecule has 2 rings (SSSR count). The Morgan fingerprint density at radius 1 is 0.853 bits per heavy atom. The summed E-state index contributed by atoms with van der Waals surface area (Å²) in [6, 6.07) is 13.8. The van der Waals surface area contributed by atoms with Crippen LogP contribution in [-0.4, -0.2) is 64.2 Å². The van der Waals surface area contributed by atoms with Crippen LogP contribution in [0.5, 0.6) is 23.0 Å². The van der Waals surface area contributed by atoms with E-state index in [1.54, 1.807) is 54.4 Å². The third-order valence-electron chi connectivity index (χ3n) is 6.43. The van der Waals surface area contributed by atoms with Crippen LogP contribution < -0.4 is 18.9 Å². The molecule has 7 heteroatoms. The molecule has 0 aliphatic heterocycles. The fourth-order valence-corrected chi connectivity index (χ4v) is 4.24. The molecular weight excluding hydrogens is 432 g/mol. The van der Waals surface area contributed by atoms with Gasteiger partial charge in [-0.25, -0.2) is 0 Å². The number of aliphatic hydroxyl groups is 1. The molecule has 0 heterocycles. The molecule has 0 aromatic heterocycles. The van der Waals surface area contributed by atoms with Crippen molar-refractivity contribution in [1.82, 2.24) is 4.90 Å². The lowest BCUT2D eigenvalue weighted by molar-refractivity contribution is 0.0129. The second-order valence-electron chi connectivity index (χ2n) is 8.99. The number of nitriles is 1. The van der Waals surface area contributed by atoms with Crippen molar-refractivity contribution in [2.24, 2.45) is 0 Å². The summed E-state index contributed by atoms with van der Waals surface area (Å²) in [7, 11) is 8.46. The van der Waals surface area contributed by atoms with Gasteiger partial charge >= 0.3 is 0 Å². The van der Waals surface area contributed by atoms with Gasteiger partial charge in [-0.1, -0.05) is 12.1 Å². The molecule has 0 aliphatic rings. The van der Waals surface area contributed by atoms with E-state index in [1.807, 2.05) is 24.3 Å². The molecule has 1 N–H and O–H groups in total. The molecule has 0 amide bonds. The zero-order valence-corrected chi connectivity index (χ0v) is 21.5. The Balaban J connectivity index is 2.08. The third-order valence-corrected chi connectivity index (χ3v) is 6.43. The van der Waals surface area contributed by atoms with Crippen molar-refractivity contribution in [2.75, 3.05) is 48.6 Å². The van der Waals surface area contributed by atoms with Crippen molar-refractivity contribution in [3.8, 4) is 29.1 Å². The zero-order valence-electron chi connectivity index (χ0n) is 21.5. The molecule has 0 saturated carbocycles. The first kappa shape index (κ1) is 27.3. The van der Waals surface area contributed by atoms with Crippen molar-refractivity contribution in [2.45, 2.75) is 44.1 Å². The molecule has 0 saturated heterocycles. The van der Waals surface area contributed by atoms with Gasteiger partial charge < -0.3 is 29.0 Å². The Bertz CT molecular complexity index is 980.